The van der Waals surface area contributed by atoms with E-state index in [9.17, 15) is 0 Å². The lowest BCUT2D eigenvalue weighted by Crippen LogP contribution is -2.51. The Balaban J connectivity index is 1.34. The lowest BCUT2D eigenvalue weighted by atomic mass is 9.90. The molecule has 2 fully saturated rings. The SMILES string of the molecule is c1ccc(N2CCC(N3CC(c4ccncc4)C3)C2)cc1. The fourth-order valence-corrected chi connectivity index (χ4v) is 3.57. The van der Waals surface area contributed by atoms with Crippen molar-refractivity contribution in [1.82, 2.24) is 9.88 Å². The first-order valence-electron chi connectivity index (χ1n) is 7.84. The van der Waals surface area contributed by atoms with Crippen molar-refractivity contribution in [1.29, 1.82) is 0 Å². The molecule has 0 aliphatic carbocycles. The van der Waals surface area contributed by atoms with Gasteiger partial charge in [0, 0.05) is 56.2 Å². The first-order valence-corrected chi connectivity index (χ1v) is 7.84. The van der Waals surface area contributed by atoms with Crippen molar-refractivity contribution in [3.8, 4) is 0 Å². The van der Waals surface area contributed by atoms with Crippen LogP contribution in [0.3, 0.4) is 0 Å². The number of para-hydroxylation sites is 1. The molecule has 2 aromatic rings. The average Bonchev–Trinajstić information content (AvgIpc) is 2.97. The highest BCUT2D eigenvalue weighted by Gasteiger charge is 2.36. The van der Waals surface area contributed by atoms with Crippen LogP contribution in [0.1, 0.15) is 17.9 Å². The topological polar surface area (TPSA) is 19.4 Å². The van der Waals surface area contributed by atoms with Crippen LogP contribution in [0.4, 0.5) is 5.69 Å². The molecule has 108 valence electrons. The Bertz CT molecular complexity index is 578. The van der Waals surface area contributed by atoms with Gasteiger partial charge in [-0.3, -0.25) is 9.88 Å². The van der Waals surface area contributed by atoms with Crippen LogP contribution in [0.2, 0.25) is 0 Å². The van der Waals surface area contributed by atoms with Crippen LogP contribution in [0.5, 0.6) is 0 Å². The summed E-state index contributed by atoms with van der Waals surface area (Å²) in [4.78, 5) is 9.27. The maximum Gasteiger partial charge on any atom is 0.0366 e. The van der Waals surface area contributed by atoms with Crippen LogP contribution in [-0.2, 0) is 0 Å². The zero-order chi connectivity index (χ0) is 14.1. The van der Waals surface area contributed by atoms with E-state index in [1.165, 1.54) is 43.9 Å². The fourth-order valence-electron chi connectivity index (χ4n) is 3.57. The van der Waals surface area contributed by atoms with Gasteiger partial charge in [0.15, 0.2) is 0 Å². The van der Waals surface area contributed by atoms with Gasteiger partial charge in [-0.2, -0.15) is 0 Å². The molecular weight excluding hydrogens is 258 g/mol. The van der Waals surface area contributed by atoms with Crippen LogP contribution in [0.15, 0.2) is 54.9 Å². The predicted octanol–water partition coefficient (Wildman–Crippen LogP) is 2.76. The molecule has 1 aromatic heterocycles. The van der Waals surface area contributed by atoms with E-state index in [1.54, 1.807) is 0 Å². The third kappa shape index (κ3) is 2.54. The smallest absolute Gasteiger partial charge is 0.0366 e. The van der Waals surface area contributed by atoms with Gasteiger partial charge in [-0.15, -0.1) is 0 Å². The zero-order valence-electron chi connectivity index (χ0n) is 12.2. The molecule has 0 bridgehead atoms. The predicted molar refractivity (Wildman–Crippen MR) is 85.6 cm³/mol. The number of hydrogen-bond donors (Lipinski definition) is 0. The summed E-state index contributed by atoms with van der Waals surface area (Å²) in [7, 11) is 0. The van der Waals surface area contributed by atoms with Crippen molar-refractivity contribution >= 4 is 5.69 Å². The Kier molecular flexibility index (Phi) is 3.36. The number of rotatable bonds is 3. The largest absolute Gasteiger partial charge is 0.370 e. The van der Waals surface area contributed by atoms with Crippen molar-refractivity contribution < 1.29 is 0 Å². The van der Waals surface area contributed by atoms with Crippen LogP contribution < -0.4 is 4.90 Å². The number of nitrogens with zero attached hydrogens (tertiary/aromatic N) is 3. The Morgan fingerprint density at radius 3 is 2.43 bits per heavy atom. The van der Waals surface area contributed by atoms with E-state index < -0.39 is 0 Å². The van der Waals surface area contributed by atoms with Gasteiger partial charge in [-0.05, 0) is 36.2 Å². The third-order valence-electron chi connectivity index (χ3n) is 4.89. The van der Waals surface area contributed by atoms with Crippen molar-refractivity contribution in [3.05, 3.63) is 60.4 Å². The van der Waals surface area contributed by atoms with Crippen LogP contribution in [0, 0.1) is 0 Å². The molecule has 2 saturated heterocycles. The second-order valence-electron chi connectivity index (χ2n) is 6.16. The Labute approximate surface area is 126 Å². The van der Waals surface area contributed by atoms with Crippen molar-refractivity contribution in [3.63, 3.8) is 0 Å². The van der Waals surface area contributed by atoms with Gasteiger partial charge in [0.1, 0.15) is 0 Å². The summed E-state index contributed by atoms with van der Waals surface area (Å²) in [6.45, 7) is 4.77. The third-order valence-corrected chi connectivity index (χ3v) is 4.89. The number of pyridine rings is 1. The van der Waals surface area contributed by atoms with Gasteiger partial charge in [-0.25, -0.2) is 0 Å². The summed E-state index contributed by atoms with van der Waals surface area (Å²) in [5.41, 5.74) is 2.81. The maximum absolute atomic E-state index is 4.11. The maximum atomic E-state index is 4.11. The summed E-state index contributed by atoms with van der Waals surface area (Å²) in [6.07, 6.45) is 5.10. The van der Waals surface area contributed by atoms with Crippen LogP contribution in [0.25, 0.3) is 0 Å². The van der Waals surface area contributed by atoms with E-state index in [-0.39, 0.29) is 0 Å². The summed E-state index contributed by atoms with van der Waals surface area (Å²) in [5.74, 6) is 0.707. The molecule has 0 radical (unpaired) electrons. The van der Waals surface area contributed by atoms with E-state index >= 15 is 0 Å². The second-order valence-corrected chi connectivity index (χ2v) is 6.16. The average molecular weight is 279 g/mol. The molecule has 4 rings (SSSR count). The first-order chi connectivity index (χ1) is 10.4. The van der Waals surface area contributed by atoms with Gasteiger partial charge in [-0.1, -0.05) is 18.2 Å². The van der Waals surface area contributed by atoms with Gasteiger partial charge in [0.05, 0.1) is 0 Å². The van der Waals surface area contributed by atoms with Crippen molar-refractivity contribution in [2.24, 2.45) is 0 Å². The molecule has 2 aliphatic rings. The normalized spacial score (nSPS) is 23.2. The Hall–Kier alpha value is -1.87. The minimum absolute atomic E-state index is 0.707. The Morgan fingerprint density at radius 1 is 0.905 bits per heavy atom. The molecule has 0 N–H and O–H groups in total. The molecule has 0 saturated carbocycles. The molecule has 2 aliphatic heterocycles. The zero-order valence-corrected chi connectivity index (χ0v) is 12.2. The quantitative estimate of drug-likeness (QED) is 0.861. The molecular formula is C18H21N3. The second kappa shape index (κ2) is 5.49. The van der Waals surface area contributed by atoms with Gasteiger partial charge in [0.2, 0.25) is 0 Å². The van der Waals surface area contributed by atoms with E-state index in [4.69, 9.17) is 0 Å². The molecule has 21 heavy (non-hydrogen) atoms. The standard InChI is InChI=1S/C18H21N3/c1-2-4-17(5-3-1)20-11-8-18(14-20)21-12-16(13-21)15-6-9-19-10-7-15/h1-7,9-10,16,18H,8,11-14H2. The monoisotopic (exact) mass is 279 g/mol. The Morgan fingerprint density at radius 2 is 1.67 bits per heavy atom. The van der Waals surface area contributed by atoms with Gasteiger partial charge in [0.25, 0.3) is 0 Å². The highest BCUT2D eigenvalue weighted by Crippen LogP contribution is 2.32. The summed E-state index contributed by atoms with van der Waals surface area (Å²) in [6, 6.07) is 15.8. The number of aromatic nitrogens is 1. The molecule has 1 atom stereocenters. The van der Waals surface area contributed by atoms with Gasteiger partial charge >= 0.3 is 0 Å². The van der Waals surface area contributed by atoms with E-state index in [0.717, 1.165) is 6.04 Å². The number of anilines is 1. The van der Waals surface area contributed by atoms with Crippen molar-refractivity contribution in [2.75, 3.05) is 31.1 Å². The molecule has 1 unspecified atom stereocenters. The number of likely N-dealkylation sites (tertiary alicyclic amines) is 1. The number of benzene rings is 1. The lowest BCUT2D eigenvalue weighted by molar-refractivity contribution is 0.102. The van der Waals surface area contributed by atoms with Crippen molar-refractivity contribution in [2.45, 2.75) is 18.4 Å². The summed E-state index contributed by atoms with van der Waals surface area (Å²) >= 11 is 0. The molecule has 0 spiro atoms. The molecule has 1 aromatic carbocycles. The van der Waals surface area contributed by atoms with Gasteiger partial charge < -0.3 is 4.90 Å². The molecule has 3 heterocycles. The fraction of sp³-hybridized carbons (Fsp3) is 0.389. The van der Waals surface area contributed by atoms with E-state index in [0.29, 0.717) is 5.92 Å². The molecule has 3 nitrogen and oxygen atoms in total. The minimum atomic E-state index is 0.707. The van der Waals surface area contributed by atoms with E-state index in [1.807, 2.05) is 12.4 Å². The molecule has 0 amide bonds. The minimum Gasteiger partial charge on any atom is -0.370 e. The van der Waals surface area contributed by atoms with E-state index in [2.05, 4.69) is 57.2 Å². The molecule has 3 heteroatoms. The van der Waals surface area contributed by atoms with Crippen LogP contribution >= 0.6 is 0 Å². The lowest BCUT2D eigenvalue weighted by Gasteiger charge is -2.43. The first kappa shape index (κ1) is 12.8. The number of hydrogen-bond acceptors (Lipinski definition) is 3. The highest BCUT2D eigenvalue weighted by molar-refractivity contribution is 5.47. The summed E-state index contributed by atoms with van der Waals surface area (Å²) in [5, 5.41) is 0. The highest BCUT2D eigenvalue weighted by atomic mass is 15.3. The van der Waals surface area contributed by atoms with Crippen LogP contribution in [-0.4, -0.2) is 42.1 Å². The summed E-state index contributed by atoms with van der Waals surface area (Å²) < 4.78 is 0.